The highest BCUT2D eigenvalue weighted by atomic mass is 16.5. The van der Waals surface area contributed by atoms with E-state index >= 15 is 0 Å². The molecule has 1 fully saturated rings. The van der Waals surface area contributed by atoms with Gasteiger partial charge in [0.05, 0.1) is 7.11 Å². The minimum atomic E-state index is 0.553. The molecule has 1 aromatic carbocycles. The van der Waals surface area contributed by atoms with Crippen LogP contribution < -0.4 is 20.3 Å². The van der Waals surface area contributed by atoms with E-state index in [2.05, 4.69) is 73.3 Å². The number of methoxy groups -OCH3 is 1. The molecule has 1 heterocycles. The molecule has 0 radical (unpaired) electrons. The van der Waals surface area contributed by atoms with Crippen LogP contribution in [-0.2, 0) is 0 Å². The van der Waals surface area contributed by atoms with E-state index in [9.17, 15) is 0 Å². The van der Waals surface area contributed by atoms with Crippen molar-refractivity contribution in [3.63, 3.8) is 0 Å². The van der Waals surface area contributed by atoms with Crippen LogP contribution in [0.1, 0.15) is 41.0 Å². The van der Waals surface area contributed by atoms with Gasteiger partial charge in [-0.2, -0.15) is 0 Å². The number of ether oxygens (including phenoxy) is 1. The van der Waals surface area contributed by atoms with E-state index in [4.69, 9.17) is 9.73 Å². The lowest BCUT2D eigenvalue weighted by molar-refractivity contribution is 0.178. The molecule has 1 aliphatic rings. The average Bonchev–Trinajstić information content (AvgIpc) is 3.17. The van der Waals surface area contributed by atoms with E-state index < -0.39 is 0 Å². The number of nitrogens with one attached hydrogen (secondary N) is 2. The second-order valence-corrected chi connectivity index (χ2v) is 8.37. The Morgan fingerprint density at radius 2 is 2.00 bits per heavy atom. The van der Waals surface area contributed by atoms with Gasteiger partial charge in [-0.3, -0.25) is 9.89 Å². The summed E-state index contributed by atoms with van der Waals surface area (Å²) in [4.78, 5) is 9.80. The average molecular weight is 404 g/mol. The summed E-state index contributed by atoms with van der Waals surface area (Å²) in [5, 5.41) is 6.90. The zero-order chi connectivity index (χ0) is 21.2. The first-order chi connectivity index (χ1) is 13.9. The van der Waals surface area contributed by atoms with Crippen molar-refractivity contribution in [3.8, 4) is 5.75 Å². The van der Waals surface area contributed by atoms with Gasteiger partial charge in [0, 0.05) is 63.1 Å². The third-order valence-corrected chi connectivity index (χ3v) is 5.55. The Morgan fingerprint density at radius 1 is 1.24 bits per heavy atom. The van der Waals surface area contributed by atoms with Gasteiger partial charge in [0.15, 0.2) is 5.96 Å². The fraction of sp³-hybridized carbons (Fsp3) is 0.696. The van der Waals surface area contributed by atoms with Crippen molar-refractivity contribution in [1.29, 1.82) is 0 Å². The molecule has 0 saturated carbocycles. The first-order valence-electron chi connectivity index (χ1n) is 11.1. The predicted molar refractivity (Wildman–Crippen MR) is 124 cm³/mol. The Kier molecular flexibility index (Phi) is 9.58. The molecule has 1 unspecified atom stereocenters. The summed E-state index contributed by atoms with van der Waals surface area (Å²) in [6.07, 6.45) is 1.18. The summed E-state index contributed by atoms with van der Waals surface area (Å²) in [6.45, 7) is 16.9. The Labute approximate surface area is 177 Å². The van der Waals surface area contributed by atoms with Crippen molar-refractivity contribution >= 4 is 11.6 Å². The maximum Gasteiger partial charge on any atom is 0.191 e. The third kappa shape index (κ3) is 7.42. The fourth-order valence-electron chi connectivity index (χ4n) is 4.00. The number of hydrogen-bond donors (Lipinski definition) is 2. The van der Waals surface area contributed by atoms with Gasteiger partial charge in [0.2, 0.25) is 0 Å². The molecular weight excluding hydrogens is 362 g/mol. The lowest BCUT2D eigenvalue weighted by Crippen LogP contribution is -2.45. The summed E-state index contributed by atoms with van der Waals surface area (Å²) in [7, 11) is 1.72. The maximum atomic E-state index is 5.36. The Morgan fingerprint density at radius 3 is 2.66 bits per heavy atom. The Hall–Kier alpha value is -1.95. The van der Waals surface area contributed by atoms with Crippen molar-refractivity contribution in [3.05, 3.63) is 24.3 Å². The van der Waals surface area contributed by atoms with Gasteiger partial charge < -0.3 is 20.3 Å². The van der Waals surface area contributed by atoms with Crippen molar-refractivity contribution in [2.24, 2.45) is 10.9 Å². The lowest BCUT2D eigenvalue weighted by atomic mass is 10.1. The van der Waals surface area contributed by atoms with Gasteiger partial charge >= 0.3 is 0 Å². The largest absolute Gasteiger partial charge is 0.497 e. The number of benzene rings is 1. The minimum Gasteiger partial charge on any atom is -0.497 e. The van der Waals surface area contributed by atoms with Gasteiger partial charge in [0.1, 0.15) is 5.75 Å². The standard InChI is InChI=1S/C23H41N5O/c1-7-24-23(25-12-14-28(18(2)3)19(4)5)26-16-20-11-13-27(17-20)21-9-8-10-22(15-21)29-6/h8-10,15,18-20H,7,11-14,16-17H2,1-6H3,(H2,24,25,26). The smallest absolute Gasteiger partial charge is 0.191 e. The molecule has 2 N–H and O–H groups in total. The molecule has 29 heavy (non-hydrogen) atoms. The number of hydrogen-bond acceptors (Lipinski definition) is 4. The molecule has 6 heteroatoms. The van der Waals surface area contributed by atoms with Crippen LogP contribution in [0.15, 0.2) is 29.3 Å². The highest BCUT2D eigenvalue weighted by Crippen LogP contribution is 2.26. The van der Waals surface area contributed by atoms with Crippen molar-refractivity contribution in [2.45, 2.75) is 53.1 Å². The van der Waals surface area contributed by atoms with E-state index in [0.29, 0.717) is 18.0 Å². The predicted octanol–water partition coefficient (Wildman–Crippen LogP) is 3.20. The summed E-state index contributed by atoms with van der Waals surface area (Å²) >= 11 is 0. The monoisotopic (exact) mass is 403 g/mol. The van der Waals surface area contributed by atoms with Crippen LogP contribution in [-0.4, -0.2) is 69.3 Å². The van der Waals surface area contributed by atoms with Crippen molar-refractivity contribution in [1.82, 2.24) is 15.5 Å². The van der Waals surface area contributed by atoms with Gasteiger partial charge in [-0.1, -0.05) is 6.07 Å². The molecule has 0 spiro atoms. The SMILES string of the molecule is CCNC(=NCC1CCN(c2cccc(OC)c2)C1)NCCN(C(C)C)C(C)C. The molecule has 0 aromatic heterocycles. The Bertz CT molecular complexity index is 623. The summed E-state index contributed by atoms with van der Waals surface area (Å²) in [6, 6.07) is 9.44. The van der Waals surface area contributed by atoms with Crippen LogP contribution in [0, 0.1) is 5.92 Å². The number of anilines is 1. The zero-order valence-corrected chi connectivity index (χ0v) is 19.2. The highest BCUT2D eigenvalue weighted by molar-refractivity contribution is 5.79. The summed E-state index contributed by atoms with van der Waals surface area (Å²) in [5.41, 5.74) is 1.24. The molecule has 164 valence electrons. The lowest BCUT2D eigenvalue weighted by Gasteiger charge is -2.30. The maximum absolute atomic E-state index is 5.36. The highest BCUT2D eigenvalue weighted by Gasteiger charge is 2.23. The molecule has 2 rings (SSSR count). The van der Waals surface area contributed by atoms with Crippen LogP contribution >= 0.6 is 0 Å². The van der Waals surface area contributed by atoms with E-state index in [1.165, 1.54) is 12.1 Å². The van der Waals surface area contributed by atoms with Crippen molar-refractivity contribution in [2.75, 3.05) is 51.3 Å². The summed E-state index contributed by atoms with van der Waals surface area (Å²) < 4.78 is 5.36. The molecule has 0 bridgehead atoms. The first kappa shape index (κ1) is 23.3. The van der Waals surface area contributed by atoms with Gasteiger partial charge in [-0.15, -0.1) is 0 Å². The second kappa shape index (κ2) is 11.9. The molecule has 1 atom stereocenters. The number of rotatable bonds is 10. The Balaban J connectivity index is 1.85. The topological polar surface area (TPSA) is 52.1 Å². The van der Waals surface area contributed by atoms with Crippen LogP contribution in [0.5, 0.6) is 5.75 Å². The zero-order valence-electron chi connectivity index (χ0n) is 19.2. The van der Waals surface area contributed by atoms with Crippen LogP contribution in [0.3, 0.4) is 0 Å². The number of guanidine groups is 1. The minimum absolute atomic E-state index is 0.553. The van der Waals surface area contributed by atoms with E-state index in [1.54, 1.807) is 7.11 Å². The van der Waals surface area contributed by atoms with E-state index in [-0.39, 0.29) is 0 Å². The second-order valence-electron chi connectivity index (χ2n) is 8.37. The molecule has 1 saturated heterocycles. The molecule has 1 aromatic rings. The fourth-order valence-corrected chi connectivity index (χ4v) is 4.00. The molecule has 6 nitrogen and oxygen atoms in total. The molecule has 0 amide bonds. The van der Waals surface area contributed by atoms with Crippen LogP contribution in [0.25, 0.3) is 0 Å². The molecule has 0 aliphatic carbocycles. The van der Waals surface area contributed by atoms with Gasteiger partial charge in [0.25, 0.3) is 0 Å². The number of nitrogens with zero attached hydrogens (tertiary/aromatic N) is 3. The molecular formula is C23H41N5O. The van der Waals surface area contributed by atoms with Gasteiger partial charge in [-0.25, -0.2) is 0 Å². The van der Waals surface area contributed by atoms with Gasteiger partial charge in [-0.05, 0) is 59.1 Å². The molecule has 1 aliphatic heterocycles. The third-order valence-electron chi connectivity index (χ3n) is 5.55. The van der Waals surface area contributed by atoms with Crippen molar-refractivity contribution < 1.29 is 4.74 Å². The van der Waals surface area contributed by atoms with Crippen LogP contribution in [0.2, 0.25) is 0 Å². The normalized spacial score (nSPS) is 17.5. The quantitative estimate of drug-likeness (QED) is 0.464. The number of aliphatic imine (C=N–C) groups is 1. The first-order valence-corrected chi connectivity index (χ1v) is 11.1. The van der Waals surface area contributed by atoms with E-state index in [0.717, 1.165) is 51.0 Å². The van der Waals surface area contributed by atoms with E-state index in [1.807, 2.05) is 6.07 Å². The van der Waals surface area contributed by atoms with Crippen LogP contribution in [0.4, 0.5) is 5.69 Å². The summed E-state index contributed by atoms with van der Waals surface area (Å²) in [5.74, 6) is 2.43.